The van der Waals surface area contributed by atoms with Crippen molar-refractivity contribution in [2.24, 2.45) is 0 Å². The molecular formula is C32H39NO3S. The molecule has 4 rings (SSSR count). The molecule has 37 heavy (non-hydrogen) atoms. The second kappa shape index (κ2) is 15.0. The van der Waals surface area contributed by atoms with Gasteiger partial charge in [-0.3, -0.25) is 0 Å². The lowest BCUT2D eigenvalue weighted by Crippen LogP contribution is -2.38. The molecule has 1 heterocycles. The summed E-state index contributed by atoms with van der Waals surface area (Å²) in [5.41, 5.74) is 2.39. The summed E-state index contributed by atoms with van der Waals surface area (Å²) in [6.45, 7) is 4.40. The van der Waals surface area contributed by atoms with Crippen LogP contribution in [0.15, 0.2) is 89.8 Å². The number of aryl methyl sites for hydroxylation is 1. The van der Waals surface area contributed by atoms with Crippen LogP contribution < -0.4 is 4.74 Å². The van der Waals surface area contributed by atoms with Crippen LogP contribution in [0.25, 0.3) is 6.08 Å². The first kappa shape index (κ1) is 27.5. The van der Waals surface area contributed by atoms with E-state index in [2.05, 4.69) is 35.5 Å². The molecule has 0 aliphatic carbocycles. The maximum Gasteiger partial charge on any atom is 0.174 e. The normalized spacial score (nSPS) is 16.9. The zero-order chi connectivity index (χ0) is 25.7. The summed E-state index contributed by atoms with van der Waals surface area (Å²) in [6, 6.07) is 26.3. The van der Waals surface area contributed by atoms with Gasteiger partial charge < -0.3 is 14.0 Å². The van der Waals surface area contributed by atoms with Gasteiger partial charge in [-0.15, -0.1) is 4.31 Å². The minimum absolute atomic E-state index is 0.256. The highest BCUT2D eigenvalue weighted by atomic mass is 32.2. The number of rotatable bonds is 14. The Kier molecular flexibility index (Phi) is 11.1. The molecule has 0 saturated carbocycles. The Balaban J connectivity index is 1.04. The summed E-state index contributed by atoms with van der Waals surface area (Å²) >= 11 is -1.09. The Hall–Kier alpha value is -2.57. The maximum absolute atomic E-state index is 13.0. The molecule has 2 atom stereocenters. The number of hydrogen-bond donors (Lipinski definition) is 0. The SMILES string of the molecule is Cc1ccc([S+]([O-])N2CCC[C@H]2COCCCCCC/C=C/c2ccc(Oc3ccccc3)cc2)cc1. The highest BCUT2D eigenvalue weighted by Gasteiger charge is 2.35. The van der Waals surface area contributed by atoms with Crippen LogP contribution >= 0.6 is 0 Å². The average molecular weight is 518 g/mol. The molecule has 1 aliphatic heterocycles. The van der Waals surface area contributed by atoms with Crippen LogP contribution in [0, 0.1) is 6.92 Å². The zero-order valence-corrected chi connectivity index (χ0v) is 22.7. The van der Waals surface area contributed by atoms with Crippen LogP contribution in [-0.2, 0) is 16.1 Å². The second-order valence-electron chi connectivity index (χ2n) is 9.66. The van der Waals surface area contributed by atoms with Crippen molar-refractivity contribution in [1.82, 2.24) is 4.31 Å². The van der Waals surface area contributed by atoms with Crippen LogP contribution in [-0.4, -0.2) is 34.7 Å². The predicted octanol–water partition coefficient (Wildman–Crippen LogP) is 7.95. The molecule has 4 nitrogen and oxygen atoms in total. The van der Waals surface area contributed by atoms with Crippen LogP contribution in [0.5, 0.6) is 11.5 Å². The summed E-state index contributed by atoms with van der Waals surface area (Å²) in [5.74, 6) is 1.71. The molecule has 1 saturated heterocycles. The molecular weight excluding hydrogens is 478 g/mol. The summed E-state index contributed by atoms with van der Waals surface area (Å²) in [5, 5.41) is 0. The quantitative estimate of drug-likeness (QED) is 0.161. The third kappa shape index (κ3) is 9.04. The average Bonchev–Trinajstić information content (AvgIpc) is 3.40. The third-order valence-corrected chi connectivity index (χ3v) is 8.23. The van der Waals surface area contributed by atoms with Crippen LogP contribution in [0.2, 0.25) is 0 Å². The van der Waals surface area contributed by atoms with Crippen molar-refractivity contribution in [1.29, 1.82) is 0 Å². The Morgan fingerprint density at radius 2 is 1.62 bits per heavy atom. The van der Waals surface area contributed by atoms with E-state index in [1.165, 1.54) is 30.4 Å². The maximum atomic E-state index is 13.0. The molecule has 0 aromatic heterocycles. The summed E-state index contributed by atoms with van der Waals surface area (Å²) in [6.07, 6.45) is 12.4. The van der Waals surface area contributed by atoms with E-state index in [0.29, 0.717) is 6.61 Å². The number of hydrogen-bond acceptors (Lipinski definition) is 4. The fourth-order valence-electron chi connectivity index (χ4n) is 4.51. The number of ether oxygens (including phenoxy) is 2. The monoisotopic (exact) mass is 517 g/mol. The van der Waals surface area contributed by atoms with Gasteiger partial charge in [0.05, 0.1) is 24.0 Å². The molecule has 5 heteroatoms. The van der Waals surface area contributed by atoms with Gasteiger partial charge >= 0.3 is 0 Å². The van der Waals surface area contributed by atoms with Gasteiger partial charge in [0, 0.05) is 13.2 Å². The van der Waals surface area contributed by atoms with Gasteiger partial charge in [0.1, 0.15) is 11.5 Å². The van der Waals surface area contributed by atoms with Gasteiger partial charge in [0.2, 0.25) is 0 Å². The van der Waals surface area contributed by atoms with Crippen molar-refractivity contribution in [3.8, 4) is 11.5 Å². The Bertz CT molecular complexity index is 1070. The third-order valence-electron chi connectivity index (χ3n) is 6.65. The first-order chi connectivity index (χ1) is 18.2. The molecule has 196 valence electrons. The van der Waals surface area contributed by atoms with E-state index in [4.69, 9.17) is 9.47 Å². The highest BCUT2D eigenvalue weighted by Crippen LogP contribution is 2.26. The Morgan fingerprint density at radius 1 is 0.892 bits per heavy atom. The Labute approximate surface area is 225 Å². The first-order valence-corrected chi connectivity index (χ1v) is 14.6. The van der Waals surface area contributed by atoms with E-state index in [1.54, 1.807) is 0 Å². The summed E-state index contributed by atoms with van der Waals surface area (Å²) in [7, 11) is 0. The van der Waals surface area contributed by atoms with Gasteiger partial charge in [-0.2, -0.15) is 0 Å². The van der Waals surface area contributed by atoms with Crippen LogP contribution in [0.4, 0.5) is 0 Å². The van der Waals surface area contributed by atoms with E-state index in [1.807, 2.05) is 66.7 Å². The lowest BCUT2D eigenvalue weighted by Gasteiger charge is -2.25. The smallest absolute Gasteiger partial charge is 0.174 e. The van der Waals surface area contributed by atoms with Gasteiger partial charge in [-0.05, 0) is 81.0 Å². The standard InChI is InChI=1S/C32H39NO3S/c1-27-16-22-32(23-17-27)37(34)33-24-11-13-29(33)26-35-25-10-5-3-2-4-7-12-28-18-20-31(21-19-28)36-30-14-8-6-9-15-30/h6-9,12,14-23,29H,2-5,10-11,13,24-26H2,1H3/b12-7+/t29-,37?/m0/s1. The van der Waals surface area contributed by atoms with Crippen molar-refractivity contribution >= 4 is 17.4 Å². The molecule has 0 spiro atoms. The number of allylic oxidation sites excluding steroid dienone is 1. The van der Waals surface area contributed by atoms with Crippen molar-refractivity contribution in [2.75, 3.05) is 19.8 Å². The van der Waals surface area contributed by atoms with E-state index in [0.717, 1.165) is 55.2 Å². The van der Waals surface area contributed by atoms with Gasteiger partial charge in [0.15, 0.2) is 4.90 Å². The first-order valence-electron chi connectivity index (χ1n) is 13.5. The van der Waals surface area contributed by atoms with Crippen LogP contribution in [0.3, 0.4) is 0 Å². The molecule has 0 amide bonds. The Morgan fingerprint density at radius 3 is 2.41 bits per heavy atom. The fraction of sp³-hybridized carbons (Fsp3) is 0.375. The number of para-hydroxylation sites is 1. The van der Waals surface area contributed by atoms with Crippen molar-refractivity contribution in [2.45, 2.75) is 62.8 Å². The molecule has 3 aromatic carbocycles. The summed E-state index contributed by atoms with van der Waals surface area (Å²) < 4.78 is 26.9. The molecule has 1 unspecified atom stereocenters. The molecule has 0 N–H and O–H groups in total. The van der Waals surface area contributed by atoms with E-state index in [9.17, 15) is 4.55 Å². The van der Waals surface area contributed by atoms with E-state index >= 15 is 0 Å². The van der Waals surface area contributed by atoms with E-state index in [-0.39, 0.29) is 6.04 Å². The lowest BCUT2D eigenvalue weighted by atomic mass is 10.1. The summed E-state index contributed by atoms with van der Waals surface area (Å²) in [4.78, 5) is 0.889. The topological polar surface area (TPSA) is 44.8 Å². The largest absolute Gasteiger partial charge is 0.593 e. The molecule has 1 fully saturated rings. The minimum atomic E-state index is -1.09. The van der Waals surface area contributed by atoms with Crippen molar-refractivity contribution < 1.29 is 14.0 Å². The van der Waals surface area contributed by atoms with E-state index < -0.39 is 11.4 Å². The molecule has 1 aliphatic rings. The molecule has 3 aromatic rings. The number of benzene rings is 3. The van der Waals surface area contributed by atoms with Crippen molar-refractivity contribution in [3.63, 3.8) is 0 Å². The minimum Gasteiger partial charge on any atom is -0.593 e. The van der Waals surface area contributed by atoms with Gasteiger partial charge in [0.25, 0.3) is 0 Å². The number of unbranched alkanes of at least 4 members (excludes halogenated alkanes) is 4. The number of nitrogens with zero attached hydrogens (tertiary/aromatic N) is 1. The predicted molar refractivity (Wildman–Crippen MR) is 153 cm³/mol. The van der Waals surface area contributed by atoms with Crippen LogP contribution in [0.1, 0.15) is 56.1 Å². The molecule has 0 bridgehead atoms. The lowest BCUT2D eigenvalue weighted by molar-refractivity contribution is 0.0959. The van der Waals surface area contributed by atoms with Gasteiger partial charge in [-0.25, -0.2) is 0 Å². The highest BCUT2D eigenvalue weighted by molar-refractivity contribution is 7.89. The second-order valence-corrected chi connectivity index (χ2v) is 11.1. The zero-order valence-electron chi connectivity index (χ0n) is 21.9. The molecule has 0 radical (unpaired) electrons. The fourth-order valence-corrected chi connectivity index (χ4v) is 5.89. The van der Waals surface area contributed by atoms with Crippen molar-refractivity contribution in [3.05, 3.63) is 96.1 Å². The van der Waals surface area contributed by atoms with Gasteiger partial charge in [-0.1, -0.05) is 73.0 Å².